The van der Waals surface area contributed by atoms with Crippen LogP contribution in [0, 0.1) is 0 Å². The maximum absolute atomic E-state index is 11.7. The van der Waals surface area contributed by atoms with Crippen LogP contribution in [0.1, 0.15) is 50.5 Å². The Morgan fingerprint density at radius 3 is 2.37 bits per heavy atom. The zero-order valence-corrected chi connectivity index (χ0v) is 12.2. The second kappa shape index (κ2) is 5.87. The van der Waals surface area contributed by atoms with Gasteiger partial charge in [-0.25, -0.2) is 4.79 Å². The van der Waals surface area contributed by atoms with Crippen molar-refractivity contribution >= 4 is 17.6 Å². The highest BCUT2D eigenvalue weighted by atomic mass is 16.5. The molecule has 0 fully saturated rings. The lowest BCUT2D eigenvalue weighted by atomic mass is 9.84. The molecule has 1 N–H and O–H groups in total. The van der Waals surface area contributed by atoms with E-state index in [4.69, 9.17) is 4.74 Å². The van der Waals surface area contributed by atoms with Crippen molar-refractivity contribution in [2.24, 2.45) is 0 Å². The maximum atomic E-state index is 11.7. The summed E-state index contributed by atoms with van der Waals surface area (Å²) in [6.45, 7) is 9.67. The third kappa shape index (κ3) is 4.09. The topological polar surface area (TPSA) is 55.4 Å². The lowest BCUT2D eigenvalue weighted by molar-refractivity contribution is -0.114. The van der Waals surface area contributed by atoms with Crippen molar-refractivity contribution in [3.63, 3.8) is 0 Å². The molecule has 1 rings (SSSR count). The van der Waals surface area contributed by atoms with Crippen molar-refractivity contribution in [1.29, 1.82) is 0 Å². The molecule has 1 amide bonds. The molecule has 0 saturated heterocycles. The van der Waals surface area contributed by atoms with E-state index in [0.717, 1.165) is 11.3 Å². The van der Waals surface area contributed by atoms with Crippen LogP contribution in [0.15, 0.2) is 18.2 Å². The van der Waals surface area contributed by atoms with E-state index >= 15 is 0 Å². The normalized spacial score (nSPS) is 11.0. The molecule has 4 nitrogen and oxygen atoms in total. The van der Waals surface area contributed by atoms with E-state index in [9.17, 15) is 9.59 Å². The standard InChI is InChI=1S/C15H21NO3/c1-6-19-14(18)11-7-8-13(16-10(2)17)12(9-11)15(3,4)5/h7-9H,6H2,1-5H3,(H,16,17). The third-order valence-electron chi connectivity index (χ3n) is 2.65. The number of hydrogen-bond donors (Lipinski definition) is 1. The molecule has 104 valence electrons. The SMILES string of the molecule is CCOC(=O)c1ccc(NC(C)=O)c(C(C)(C)C)c1. The number of ether oxygens (including phenoxy) is 1. The number of nitrogens with one attached hydrogen (secondary N) is 1. The first-order valence-corrected chi connectivity index (χ1v) is 6.35. The first kappa shape index (κ1) is 15.2. The number of esters is 1. The van der Waals surface area contributed by atoms with Crippen LogP contribution in [0.3, 0.4) is 0 Å². The summed E-state index contributed by atoms with van der Waals surface area (Å²) in [6, 6.07) is 5.19. The number of carbonyl (C=O) groups is 2. The minimum Gasteiger partial charge on any atom is -0.462 e. The smallest absolute Gasteiger partial charge is 0.338 e. The molecule has 0 aliphatic heterocycles. The van der Waals surface area contributed by atoms with Gasteiger partial charge in [0.25, 0.3) is 0 Å². The van der Waals surface area contributed by atoms with Gasteiger partial charge in [-0.15, -0.1) is 0 Å². The van der Waals surface area contributed by atoms with Crippen molar-refractivity contribution in [2.45, 2.75) is 40.0 Å². The average Bonchev–Trinajstić information content (AvgIpc) is 2.27. The number of rotatable bonds is 3. The van der Waals surface area contributed by atoms with Crippen LogP contribution in [0.5, 0.6) is 0 Å². The molecule has 19 heavy (non-hydrogen) atoms. The van der Waals surface area contributed by atoms with E-state index < -0.39 is 0 Å². The number of amides is 1. The van der Waals surface area contributed by atoms with Crippen LogP contribution in [-0.4, -0.2) is 18.5 Å². The first-order chi connectivity index (χ1) is 8.75. The molecule has 0 radical (unpaired) electrons. The van der Waals surface area contributed by atoms with Gasteiger partial charge >= 0.3 is 5.97 Å². The molecular weight excluding hydrogens is 242 g/mol. The Kier molecular flexibility index (Phi) is 4.70. The van der Waals surface area contributed by atoms with Crippen LogP contribution in [0.4, 0.5) is 5.69 Å². The van der Waals surface area contributed by atoms with Crippen LogP contribution in [0.2, 0.25) is 0 Å². The highest BCUT2D eigenvalue weighted by Gasteiger charge is 2.21. The fraction of sp³-hybridized carbons (Fsp3) is 0.467. The molecule has 4 heteroatoms. The molecule has 0 aliphatic rings. The summed E-state index contributed by atoms with van der Waals surface area (Å²) in [5, 5.41) is 2.79. The van der Waals surface area contributed by atoms with E-state index in [1.165, 1.54) is 6.92 Å². The summed E-state index contributed by atoms with van der Waals surface area (Å²) in [7, 11) is 0. The van der Waals surface area contributed by atoms with E-state index in [2.05, 4.69) is 5.32 Å². The number of hydrogen-bond acceptors (Lipinski definition) is 3. The summed E-state index contributed by atoms with van der Waals surface area (Å²) >= 11 is 0. The van der Waals surface area contributed by atoms with Gasteiger partial charge < -0.3 is 10.1 Å². The Morgan fingerprint density at radius 1 is 1.26 bits per heavy atom. The second-order valence-corrected chi connectivity index (χ2v) is 5.41. The molecule has 0 aliphatic carbocycles. The molecular formula is C15H21NO3. The number of carbonyl (C=O) groups excluding carboxylic acids is 2. The lowest BCUT2D eigenvalue weighted by Gasteiger charge is -2.23. The molecule has 0 heterocycles. The fourth-order valence-electron chi connectivity index (χ4n) is 1.80. The van der Waals surface area contributed by atoms with Gasteiger partial charge in [-0.1, -0.05) is 20.8 Å². The van der Waals surface area contributed by atoms with Crippen LogP contribution < -0.4 is 5.32 Å². The molecule has 0 unspecified atom stereocenters. The predicted molar refractivity (Wildman–Crippen MR) is 75.4 cm³/mol. The van der Waals surface area contributed by atoms with E-state index in [-0.39, 0.29) is 17.3 Å². The molecule has 0 atom stereocenters. The van der Waals surface area contributed by atoms with Gasteiger partial charge in [0.2, 0.25) is 5.91 Å². The van der Waals surface area contributed by atoms with Gasteiger partial charge in [-0.2, -0.15) is 0 Å². The van der Waals surface area contributed by atoms with Crippen LogP contribution >= 0.6 is 0 Å². The number of anilines is 1. The zero-order chi connectivity index (χ0) is 14.6. The average molecular weight is 263 g/mol. The van der Waals surface area contributed by atoms with Gasteiger partial charge in [0.1, 0.15) is 0 Å². The van der Waals surface area contributed by atoms with Crippen LogP contribution in [-0.2, 0) is 14.9 Å². The Hall–Kier alpha value is -1.84. The minimum atomic E-state index is -0.345. The maximum Gasteiger partial charge on any atom is 0.338 e. The van der Waals surface area contributed by atoms with Crippen molar-refractivity contribution in [2.75, 3.05) is 11.9 Å². The zero-order valence-electron chi connectivity index (χ0n) is 12.2. The first-order valence-electron chi connectivity index (χ1n) is 6.35. The minimum absolute atomic E-state index is 0.130. The van der Waals surface area contributed by atoms with Crippen molar-refractivity contribution < 1.29 is 14.3 Å². The Balaban J connectivity index is 3.23. The van der Waals surface area contributed by atoms with Crippen molar-refractivity contribution in [3.8, 4) is 0 Å². The highest BCUT2D eigenvalue weighted by Crippen LogP contribution is 2.30. The van der Waals surface area contributed by atoms with Crippen LogP contribution in [0.25, 0.3) is 0 Å². The van der Waals surface area contributed by atoms with Gasteiger partial charge in [-0.05, 0) is 36.1 Å². The molecule has 0 saturated carbocycles. The summed E-state index contributed by atoms with van der Waals surface area (Å²) in [4.78, 5) is 23.0. The summed E-state index contributed by atoms with van der Waals surface area (Å²) in [5.41, 5.74) is 1.96. The lowest BCUT2D eigenvalue weighted by Crippen LogP contribution is -2.18. The Bertz CT molecular complexity index is 487. The predicted octanol–water partition coefficient (Wildman–Crippen LogP) is 3.12. The number of benzene rings is 1. The second-order valence-electron chi connectivity index (χ2n) is 5.41. The summed E-state index contributed by atoms with van der Waals surface area (Å²) < 4.78 is 4.99. The fourth-order valence-corrected chi connectivity index (χ4v) is 1.80. The molecule has 1 aromatic rings. The van der Waals surface area contributed by atoms with E-state index in [0.29, 0.717) is 12.2 Å². The quantitative estimate of drug-likeness (QED) is 0.852. The Labute approximate surface area is 114 Å². The third-order valence-corrected chi connectivity index (χ3v) is 2.65. The van der Waals surface area contributed by atoms with Gasteiger partial charge in [0.05, 0.1) is 12.2 Å². The van der Waals surface area contributed by atoms with Gasteiger partial charge in [0.15, 0.2) is 0 Å². The molecule has 0 bridgehead atoms. The Morgan fingerprint density at radius 2 is 1.89 bits per heavy atom. The van der Waals surface area contributed by atoms with Gasteiger partial charge in [-0.3, -0.25) is 4.79 Å². The highest BCUT2D eigenvalue weighted by molar-refractivity contribution is 5.93. The summed E-state index contributed by atoms with van der Waals surface area (Å²) in [5.74, 6) is -0.475. The molecule has 1 aromatic carbocycles. The van der Waals surface area contributed by atoms with Gasteiger partial charge in [0, 0.05) is 12.6 Å². The molecule has 0 spiro atoms. The largest absolute Gasteiger partial charge is 0.462 e. The van der Waals surface area contributed by atoms with Crippen molar-refractivity contribution in [3.05, 3.63) is 29.3 Å². The monoisotopic (exact) mass is 263 g/mol. The van der Waals surface area contributed by atoms with Crippen molar-refractivity contribution in [1.82, 2.24) is 0 Å². The molecule has 0 aromatic heterocycles. The van der Waals surface area contributed by atoms with E-state index in [1.807, 2.05) is 20.8 Å². The van der Waals surface area contributed by atoms with E-state index in [1.54, 1.807) is 25.1 Å². The summed E-state index contributed by atoms with van der Waals surface area (Å²) in [6.07, 6.45) is 0.